The Balaban J connectivity index is 0.00000351. The highest BCUT2D eigenvalue weighted by molar-refractivity contribution is 6.15. The van der Waals surface area contributed by atoms with E-state index in [-0.39, 0.29) is 41.1 Å². The van der Waals surface area contributed by atoms with Crippen molar-refractivity contribution in [3.63, 3.8) is 0 Å². The molecule has 0 aliphatic carbocycles. The van der Waals surface area contributed by atoms with Crippen LogP contribution >= 0.6 is 0 Å². The van der Waals surface area contributed by atoms with Crippen molar-refractivity contribution in [3.05, 3.63) is 80.5 Å². The number of hydrogen-bond donors (Lipinski definition) is 2. The van der Waals surface area contributed by atoms with E-state index in [0.717, 1.165) is 49.9 Å². The summed E-state index contributed by atoms with van der Waals surface area (Å²) in [5.74, 6) is -1.14. The molecule has 8 rings (SSSR count). The minimum atomic E-state index is -0.627. The maximum atomic E-state index is 16.0. The standard InChI is InChI=1S/C35H35FN6O4.CH4/c1-39-11-13-40(14-12-39)9-4-8-38-35(45)26-19-42-28-16-23-21-5-2-3-6-22(21)32(43)24(23)17-29(28)46-34-30(42)25(33(26)44)15-27(36)31(34)41-10-7-20(37)18-41;/h2-3,5-6,15-17,19-20H,4,7-14,18,37H2,1H3,(H,38,45);1H4/t20-;/m0./s1. The number of halogens is 1. The SMILES string of the molecule is C.CN1CCN(CCCNC(=O)c2cn3c4cc5c(cc4oc4c(N6CC[C@H](N)C6)c(F)cc(c2=O)c43)c(=O)c2ccccc25)CC1. The zero-order chi connectivity index (χ0) is 31.7. The van der Waals surface area contributed by atoms with E-state index in [9.17, 15) is 14.4 Å². The van der Waals surface area contributed by atoms with Crippen molar-refractivity contribution in [1.82, 2.24) is 19.5 Å². The fraction of sp³-hybridized carbons (Fsp3) is 0.361. The van der Waals surface area contributed by atoms with Crippen LogP contribution in [0.25, 0.3) is 49.1 Å². The third-order valence-electron chi connectivity index (χ3n) is 9.77. The van der Waals surface area contributed by atoms with Gasteiger partial charge in [-0.25, -0.2) is 4.39 Å². The topological polar surface area (TPSA) is 117 Å². The predicted octanol–water partition coefficient (Wildman–Crippen LogP) is 3.98. The number of fused-ring (bicyclic) bond motifs is 5. The summed E-state index contributed by atoms with van der Waals surface area (Å²) in [5.41, 5.74) is 7.08. The molecule has 0 radical (unpaired) electrons. The highest BCUT2D eigenvalue weighted by Crippen LogP contribution is 2.38. The summed E-state index contributed by atoms with van der Waals surface area (Å²) >= 11 is 0. The second-order valence-corrected chi connectivity index (χ2v) is 12.8. The summed E-state index contributed by atoms with van der Waals surface area (Å²) in [4.78, 5) is 47.3. The van der Waals surface area contributed by atoms with Gasteiger partial charge in [0.2, 0.25) is 5.43 Å². The normalized spacial score (nSPS) is 17.9. The third kappa shape index (κ3) is 5.09. The lowest BCUT2D eigenvalue weighted by Crippen LogP contribution is -2.45. The van der Waals surface area contributed by atoms with Crippen molar-refractivity contribution in [3.8, 4) is 0 Å². The quantitative estimate of drug-likeness (QED) is 0.160. The van der Waals surface area contributed by atoms with Crippen molar-refractivity contribution in [2.45, 2.75) is 26.3 Å². The fourth-order valence-electron chi connectivity index (χ4n) is 7.24. The first-order valence-corrected chi connectivity index (χ1v) is 15.9. The number of piperazine rings is 1. The van der Waals surface area contributed by atoms with Gasteiger partial charge in [-0.1, -0.05) is 31.7 Å². The Morgan fingerprint density at radius 1 is 0.979 bits per heavy atom. The van der Waals surface area contributed by atoms with Crippen LogP contribution in [0.4, 0.5) is 10.1 Å². The van der Waals surface area contributed by atoms with Crippen molar-refractivity contribution < 1.29 is 13.6 Å². The second-order valence-electron chi connectivity index (χ2n) is 12.8. The van der Waals surface area contributed by atoms with E-state index in [2.05, 4.69) is 22.2 Å². The number of carbonyl (C=O) groups excluding carboxylic acids is 1. The molecule has 2 fully saturated rings. The van der Waals surface area contributed by atoms with Crippen molar-refractivity contribution in [1.29, 1.82) is 0 Å². The minimum absolute atomic E-state index is 0. The molecule has 4 aromatic carbocycles. The van der Waals surface area contributed by atoms with Gasteiger partial charge in [-0.05, 0) is 55.4 Å². The first kappa shape index (κ1) is 31.0. The molecule has 3 N–H and O–H groups in total. The first-order chi connectivity index (χ1) is 22.3. The number of likely N-dealkylation sites (N-methyl/N-ethyl adjacent to an activating group) is 1. The number of nitrogens with two attached hydrogens (primary N) is 1. The van der Waals surface area contributed by atoms with E-state index in [1.165, 1.54) is 12.3 Å². The molecule has 11 heteroatoms. The molecule has 6 aromatic rings. The fourth-order valence-corrected chi connectivity index (χ4v) is 7.24. The molecule has 0 bridgehead atoms. The van der Waals surface area contributed by atoms with Gasteiger partial charge in [-0.2, -0.15) is 0 Å². The van der Waals surface area contributed by atoms with Crippen LogP contribution in [-0.4, -0.2) is 85.6 Å². The van der Waals surface area contributed by atoms with Crippen LogP contribution in [0, 0.1) is 5.82 Å². The molecule has 47 heavy (non-hydrogen) atoms. The summed E-state index contributed by atoms with van der Waals surface area (Å²) in [6.45, 7) is 6.23. The molecule has 0 saturated carbocycles. The van der Waals surface area contributed by atoms with E-state index in [4.69, 9.17) is 10.2 Å². The van der Waals surface area contributed by atoms with Gasteiger partial charge in [0.15, 0.2) is 22.4 Å². The molecule has 4 heterocycles. The Morgan fingerprint density at radius 3 is 2.49 bits per heavy atom. The lowest BCUT2D eigenvalue weighted by atomic mass is 10.1. The zero-order valence-electron chi connectivity index (χ0n) is 25.6. The van der Waals surface area contributed by atoms with E-state index < -0.39 is 17.2 Å². The number of nitrogens with one attached hydrogen (secondary N) is 1. The molecule has 10 nitrogen and oxygen atoms in total. The van der Waals surface area contributed by atoms with Gasteiger partial charge in [0, 0.05) is 68.8 Å². The molecular formula is C36H39FN6O4. The second kappa shape index (κ2) is 11.9. The molecular weight excluding hydrogens is 599 g/mol. The number of pyridine rings is 1. The Morgan fingerprint density at radius 2 is 1.74 bits per heavy atom. The average molecular weight is 639 g/mol. The van der Waals surface area contributed by atoms with Crippen molar-refractivity contribution >= 4 is 60.7 Å². The number of aromatic nitrogens is 1. The van der Waals surface area contributed by atoms with Crippen molar-refractivity contribution in [2.24, 2.45) is 5.73 Å². The van der Waals surface area contributed by atoms with E-state index in [1.54, 1.807) is 16.5 Å². The maximum Gasteiger partial charge on any atom is 0.256 e. The van der Waals surface area contributed by atoms with Crippen molar-refractivity contribution in [2.75, 3.05) is 64.3 Å². The smallest absolute Gasteiger partial charge is 0.256 e. The zero-order valence-corrected chi connectivity index (χ0v) is 25.6. The Bertz CT molecular complexity index is 2290. The molecule has 1 atom stereocenters. The van der Waals surface area contributed by atoms with Crippen LogP contribution in [-0.2, 0) is 0 Å². The Labute approximate surface area is 270 Å². The van der Waals surface area contributed by atoms with Crippen LogP contribution in [0.2, 0.25) is 0 Å². The van der Waals surface area contributed by atoms with E-state index >= 15 is 4.39 Å². The lowest BCUT2D eigenvalue weighted by molar-refractivity contribution is 0.0948. The highest BCUT2D eigenvalue weighted by Gasteiger charge is 2.29. The molecule has 0 spiro atoms. The molecule has 2 aliphatic heterocycles. The third-order valence-corrected chi connectivity index (χ3v) is 9.77. The molecule has 0 unspecified atom stereocenters. The predicted molar refractivity (Wildman–Crippen MR) is 186 cm³/mol. The molecule has 2 saturated heterocycles. The molecule has 2 aliphatic rings. The number of rotatable bonds is 6. The van der Waals surface area contributed by atoms with Gasteiger partial charge in [-0.3, -0.25) is 14.4 Å². The number of anilines is 1. The Hall–Kier alpha value is -4.58. The van der Waals surface area contributed by atoms with Crippen LogP contribution in [0.3, 0.4) is 0 Å². The van der Waals surface area contributed by atoms with Crippen LogP contribution in [0.5, 0.6) is 0 Å². The first-order valence-electron chi connectivity index (χ1n) is 15.9. The van der Waals surface area contributed by atoms with Crippen LogP contribution in [0.15, 0.2) is 62.7 Å². The number of carbonyl (C=O) groups is 1. The average Bonchev–Trinajstić information content (AvgIpc) is 3.60. The van der Waals surface area contributed by atoms with Gasteiger partial charge < -0.3 is 34.6 Å². The number of benzene rings is 3. The maximum absolute atomic E-state index is 16.0. The monoisotopic (exact) mass is 638 g/mol. The van der Waals surface area contributed by atoms with Gasteiger partial charge in [0.25, 0.3) is 5.91 Å². The summed E-state index contributed by atoms with van der Waals surface area (Å²) in [6.07, 6.45) is 2.96. The largest absolute Gasteiger partial charge is 0.451 e. The lowest BCUT2D eigenvalue weighted by Gasteiger charge is -2.32. The van der Waals surface area contributed by atoms with E-state index in [1.807, 2.05) is 29.2 Å². The summed E-state index contributed by atoms with van der Waals surface area (Å²) in [5, 5.41) is 5.59. The van der Waals surface area contributed by atoms with Gasteiger partial charge in [-0.15, -0.1) is 0 Å². The number of amides is 1. The Kier molecular flexibility index (Phi) is 7.86. The molecule has 244 valence electrons. The minimum Gasteiger partial charge on any atom is -0.451 e. The van der Waals surface area contributed by atoms with Crippen LogP contribution in [0.1, 0.15) is 30.6 Å². The number of hydrogen-bond acceptors (Lipinski definition) is 8. The van der Waals surface area contributed by atoms with Crippen LogP contribution < -0.4 is 26.8 Å². The molecule has 2 aromatic heterocycles. The highest BCUT2D eigenvalue weighted by atomic mass is 19.1. The number of nitrogens with zero attached hydrogens (tertiary/aromatic N) is 4. The van der Waals surface area contributed by atoms with E-state index in [0.29, 0.717) is 53.4 Å². The summed E-state index contributed by atoms with van der Waals surface area (Å²) in [7, 11) is 2.11. The van der Waals surface area contributed by atoms with Gasteiger partial charge in [0.05, 0.1) is 10.9 Å². The van der Waals surface area contributed by atoms with Gasteiger partial charge >= 0.3 is 0 Å². The molecule has 1 amide bonds. The van der Waals surface area contributed by atoms with Gasteiger partial charge in [0.1, 0.15) is 16.8 Å². The summed E-state index contributed by atoms with van der Waals surface area (Å²) in [6, 6.07) is 12.0. The summed E-state index contributed by atoms with van der Waals surface area (Å²) < 4.78 is 24.2.